The van der Waals surface area contributed by atoms with E-state index < -0.39 is 11.2 Å². The molecule has 0 aliphatic rings. The number of esters is 1. The molecule has 0 radical (unpaired) electrons. The van der Waals surface area contributed by atoms with Gasteiger partial charge >= 0.3 is 5.97 Å². The number of nitrogens with one attached hydrogen (secondary N) is 2. The molecule has 0 saturated heterocycles. The summed E-state index contributed by atoms with van der Waals surface area (Å²) in [6.07, 6.45) is 0. The standard InChI is InChI=1S/C30H28N2O4S2/c1-4-36-30(35)26-25(21-11-6-5-7-12-21)18-37-29(26)32-27(33)20(3)38-24-15-9-14-23(17-24)31-28(34)22-13-8-10-19(2)16-22/h5-18,20H,4H2,1-3H3,(H,31,34)(H,32,33). The Balaban J connectivity index is 1.46. The predicted molar refractivity (Wildman–Crippen MR) is 155 cm³/mol. The van der Waals surface area contributed by atoms with Crippen LogP contribution < -0.4 is 10.6 Å². The Morgan fingerprint density at radius 3 is 2.45 bits per heavy atom. The summed E-state index contributed by atoms with van der Waals surface area (Å²) in [5.74, 6) is -0.906. The van der Waals surface area contributed by atoms with Crippen molar-refractivity contribution in [1.29, 1.82) is 0 Å². The van der Waals surface area contributed by atoms with Gasteiger partial charge in [-0.25, -0.2) is 4.79 Å². The van der Waals surface area contributed by atoms with Gasteiger partial charge in [0.15, 0.2) is 0 Å². The fraction of sp³-hybridized carbons (Fsp3) is 0.167. The fourth-order valence-electron chi connectivity index (χ4n) is 3.79. The zero-order valence-corrected chi connectivity index (χ0v) is 22.9. The van der Waals surface area contributed by atoms with Gasteiger partial charge in [-0.2, -0.15) is 0 Å². The molecule has 0 aliphatic carbocycles. The lowest BCUT2D eigenvalue weighted by molar-refractivity contribution is -0.115. The van der Waals surface area contributed by atoms with Crippen molar-refractivity contribution in [3.05, 3.63) is 101 Å². The summed E-state index contributed by atoms with van der Waals surface area (Å²) in [5, 5.41) is 7.69. The number of rotatable bonds is 9. The molecule has 1 aromatic heterocycles. The molecule has 1 atom stereocenters. The van der Waals surface area contributed by atoms with E-state index in [0.717, 1.165) is 21.6 Å². The molecular formula is C30H28N2O4S2. The van der Waals surface area contributed by atoms with Gasteiger partial charge in [0.1, 0.15) is 10.6 Å². The zero-order valence-electron chi connectivity index (χ0n) is 21.3. The second-order valence-corrected chi connectivity index (χ2v) is 10.8. The molecule has 2 amide bonds. The topological polar surface area (TPSA) is 84.5 Å². The quantitative estimate of drug-likeness (QED) is 0.171. The smallest absolute Gasteiger partial charge is 0.341 e. The van der Waals surface area contributed by atoms with E-state index in [1.54, 1.807) is 19.9 Å². The molecule has 6 nitrogen and oxygen atoms in total. The van der Waals surface area contributed by atoms with Crippen molar-refractivity contribution in [2.24, 2.45) is 0 Å². The molecule has 2 N–H and O–H groups in total. The van der Waals surface area contributed by atoms with Gasteiger partial charge in [-0.05, 0) is 56.7 Å². The summed E-state index contributed by atoms with van der Waals surface area (Å²) in [4.78, 5) is 39.4. The highest BCUT2D eigenvalue weighted by molar-refractivity contribution is 8.00. The highest BCUT2D eigenvalue weighted by Gasteiger charge is 2.24. The van der Waals surface area contributed by atoms with Crippen LogP contribution in [-0.4, -0.2) is 29.6 Å². The number of carbonyl (C=O) groups excluding carboxylic acids is 3. The van der Waals surface area contributed by atoms with Crippen molar-refractivity contribution in [2.75, 3.05) is 17.2 Å². The van der Waals surface area contributed by atoms with E-state index in [0.29, 0.717) is 21.8 Å². The van der Waals surface area contributed by atoms with E-state index >= 15 is 0 Å². The minimum absolute atomic E-state index is 0.194. The molecule has 1 unspecified atom stereocenters. The summed E-state index contributed by atoms with van der Waals surface area (Å²) in [6, 6.07) is 24.3. The number of ether oxygens (including phenoxy) is 1. The predicted octanol–water partition coefficient (Wildman–Crippen LogP) is 7.27. The van der Waals surface area contributed by atoms with Gasteiger partial charge in [-0.15, -0.1) is 23.1 Å². The van der Waals surface area contributed by atoms with Gasteiger partial charge < -0.3 is 15.4 Å². The number of amides is 2. The van der Waals surface area contributed by atoms with Gasteiger partial charge in [0.2, 0.25) is 5.91 Å². The molecule has 0 saturated carbocycles. The van der Waals surface area contributed by atoms with Crippen molar-refractivity contribution in [3.8, 4) is 11.1 Å². The van der Waals surface area contributed by atoms with E-state index in [9.17, 15) is 14.4 Å². The molecule has 3 aromatic carbocycles. The number of thiophene rings is 1. The average Bonchev–Trinajstić information content (AvgIpc) is 3.33. The maximum atomic E-state index is 13.1. The molecule has 8 heteroatoms. The molecule has 0 fully saturated rings. The number of carbonyl (C=O) groups is 3. The monoisotopic (exact) mass is 544 g/mol. The van der Waals surface area contributed by atoms with Crippen LogP contribution in [0.3, 0.4) is 0 Å². The summed E-state index contributed by atoms with van der Waals surface area (Å²) in [6.45, 7) is 5.72. The Kier molecular flexibility index (Phi) is 8.99. The Labute approximate surface area is 230 Å². The second kappa shape index (κ2) is 12.6. The van der Waals surface area contributed by atoms with Gasteiger partial charge in [-0.3, -0.25) is 9.59 Å². The number of anilines is 2. The van der Waals surface area contributed by atoms with Crippen LogP contribution in [0.2, 0.25) is 0 Å². The summed E-state index contributed by atoms with van der Waals surface area (Å²) in [5.41, 5.74) is 4.19. The second-order valence-electron chi connectivity index (χ2n) is 8.54. The lowest BCUT2D eigenvalue weighted by atomic mass is 10.0. The first-order chi connectivity index (χ1) is 18.4. The molecule has 4 rings (SSSR count). The van der Waals surface area contributed by atoms with Crippen molar-refractivity contribution < 1.29 is 19.1 Å². The third kappa shape index (κ3) is 6.70. The number of hydrogen-bond acceptors (Lipinski definition) is 6. The Bertz CT molecular complexity index is 1450. The highest BCUT2D eigenvalue weighted by atomic mass is 32.2. The van der Waals surface area contributed by atoms with E-state index in [4.69, 9.17) is 4.74 Å². The van der Waals surface area contributed by atoms with Crippen LogP contribution in [0, 0.1) is 6.92 Å². The van der Waals surface area contributed by atoms with Crippen molar-refractivity contribution in [1.82, 2.24) is 0 Å². The molecule has 38 heavy (non-hydrogen) atoms. The minimum atomic E-state index is -0.472. The SMILES string of the molecule is CCOC(=O)c1c(-c2ccccc2)csc1NC(=O)C(C)Sc1cccc(NC(=O)c2cccc(C)c2)c1. The van der Waals surface area contributed by atoms with Gasteiger partial charge in [0, 0.05) is 27.1 Å². The van der Waals surface area contributed by atoms with Crippen LogP contribution >= 0.6 is 23.1 Å². The molecule has 0 bridgehead atoms. The van der Waals surface area contributed by atoms with Crippen molar-refractivity contribution >= 4 is 51.6 Å². The van der Waals surface area contributed by atoms with Crippen LogP contribution in [0.4, 0.5) is 10.7 Å². The highest BCUT2D eigenvalue weighted by Crippen LogP contribution is 2.37. The first-order valence-corrected chi connectivity index (χ1v) is 13.9. The molecule has 4 aromatic rings. The van der Waals surface area contributed by atoms with Crippen LogP contribution in [-0.2, 0) is 9.53 Å². The van der Waals surface area contributed by atoms with Crippen molar-refractivity contribution in [3.63, 3.8) is 0 Å². The Hall–Kier alpha value is -3.88. The van der Waals surface area contributed by atoms with Crippen LogP contribution in [0.15, 0.2) is 89.1 Å². The number of benzene rings is 3. The first kappa shape index (κ1) is 27.2. The van der Waals surface area contributed by atoms with Gasteiger partial charge in [0.05, 0.1) is 11.9 Å². The largest absolute Gasteiger partial charge is 0.462 e. The normalized spacial score (nSPS) is 11.4. The molecule has 194 valence electrons. The lowest BCUT2D eigenvalue weighted by Gasteiger charge is -2.14. The minimum Gasteiger partial charge on any atom is -0.462 e. The molecular weight excluding hydrogens is 516 g/mol. The van der Waals surface area contributed by atoms with Crippen LogP contribution in [0.1, 0.15) is 40.1 Å². The average molecular weight is 545 g/mol. The number of hydrogen-bond donors (Lipinski definition) is 2. The zero-order chi connectivity index (χ0) is 27.1. The molecule has 1 heterocycles. The maximum absolute atomic E-state index is 13.1. The summed E-state index contributed by atoms with van der Waals surface area (Å²) < 4.78 is 5.29. The van der Waals surface area contributed by atoms with Gasteiger partial charge in [-0.1, -0.05) is 54.1 Å². The van der Waals surface area contributed by atoms with Crippen LogP contribution in [0.25, 0.3) is 11.1 Å². The third-order valence-corrected chi connectivity index (χ3v) is 7.64. The van der Waals surface area contributed by atoms with E-state index in [1.165, 1.54) is 23.1 Å². The first-order valence-electron chi connectivity index (χ1n) is 12.2. The van der Waals surface area contributed by atoms with Crippen LogP contribution in [0.5, 0.6) is 0 Å². The fourth-order valence-corrected chi connectivity index (χ4v) is 5.68. The summed E-state index contributed by atoms with van der Waals surface area (Å²) in [7, 11) is 0. The molecule has 0 spiro atoms. The lowest BCUT2D eigenvalue weighted by Crippen LogP contribution is -2.23. The van der Waals surface area contributed by atoms with E-state index in [2.05, 4.69) is 10.6 Å². The Morgan fingerprint density at radius 2 is 1.71 bits per heavy atom. The van der Waals surface area contributed by atoms with E-state index in [1.807, 2.05) is 85.1 Å². The number of aryl methyl sites for hydroxylation is 1. The molecule has 0 aliphatic heterocycles. The van der Waals surface area contributed by atoms with Crippen molar-refractivity contribution in [2.45, 2.75) is 30.9 Å². The van der Waals surface area contributed by atoms with E-state index in [-0.39, 0.29) is 18.4 Å². The van der Waals surface area contributed by atoms with Gasteiger partial charge in [0.25, 0.3) is 5.91 Å². The maximum Gasteiger partial charge on any atom is 0.341 e. The Morgan fingerprint density at radius 1 is 0.947 bits per heavy atom. The summed E-state index contributed by atoms with van der Waals surface area (Å²) >= 11 is 2.66. The number of thioether (sulfide) groups is 1. The third-order valence-electron chi connectivity index (χ3n) is 5.65.